The van der Waals surface area contributed by atoms with Gasteiger partial charge in [0.25, 0.3) is 0 Å². The second kappa shape index (κ2) is 4.54. The molecule has 0 spiro atoms. The lowest BCUT2D eigenvalue weighted by Crippen LogP contribution is -2.14. The molecule has 0 saturated carbocycles. The van der Waals surface area contributed by atoms with E-state index in [9.17, 15) is 0 Å². The van der Waals surface area contributed by atoms with Crippen LogP contribution in [0.4, 0.5) is 0 Å². The van der Waals surface area contributed by atoms with E-state index < -0.39 is 0 Å². The van der Waals surface area contributed by atoms with Gasteiger partial charge in [0.15, 0.2) is 0 Å². The SMILES string of the molecule is COc1ccc(C)c(C2CCCN2)c1Br. The highest BCUT2D eigenvalue weighted by molar-refractivity contribution is 9.10. The van der Waals surface area contributed by atoms with Gasteiger partial charge in [-0.15, -0.1) is 0 Å². The van der Waals surface area contributed by atoms with Crippen LogP contribution < -0.4 is 10.1 Å². The summed E-state index contributed by atoms with van der Waals surface area (Å²) in [6.07, 6.45) is 2.47. The normalized spacial score (nSPS) is 20.6. The molecule has 1 aliphatic heterocycles. The van der Waals surface area contributed by atoms with Gasteiger partial charge in [0, 0.05) is 6.04 Å². The minimum absolute atomic E-state index is 0.481. The Kier molecular flexibility index (Phi) is 3.32. The van der Waals surface area contributed by atoms with Crippen LogP contribution in [0.15, 0.2) is 16.6 Å². The average molecular weight is 270 g/mol. The summed E-state index contributed by atoms with van der Waals surface area (Å²) in [5.41, 5.74) is 2.67. The molecule has 2 rings (SSSR count). The van der Waals surface area contributed by atoms with Gasteiger partial charge in [-0.3, -0.25) is 0 Å². The van der Waals surface area contributed by atoms with E-state index in [2.05, 4.69) is 34.2 Å². The van der Waals surface area contributed by atoms with Crippen molar-refractivity contribution >= 4 is 15.9 Å². The number of hydrogen-bond acceptors (Lipinski definition) is 2. The predicted molar refractivity (Wildman–Crippen MR) is 65.4 cm³/mol. The molecule has 1 saturated heterocycles. The minimum Gasteiger partial charge on any atom is -0.496 e. The van der Waals surface area contributed by atoms with E-state index in [0.29, 0.717) is 6.04 Å². The molecule has 0 bridgehead atoms. The van der Waals surface area contributed by atoms with Crippen molar-refractivity contribution < 1.29 is 4.74 Å². The molecule has 0 aliphatic carbocycles. The van der Waals surface area contributed by atoms with E-state index >= 15 is 0 Å². The summed E-state index contributed by atoms with van der Waals surface area (Å²) < 4.78 is 6.43. The molecule has 15 heavy (non-hydrogen) atoms. The molecule has 1 N–H and O–H groups in total. The Morgan fingerprint density at radius 3 is 2.87 bits per heavy atom. The lowest BCUT2D eigenvalue weighted by molar-refractivity contribution is 0.410. The molecular weight excluding hydrogens is 254 g/mol. The molecule has 1 heterocycles. The second-order valence-electron chi connectivity index (χ2n) is 3.96. The van der Waals surface area contributed by atoms with E-state index in [1.54, 1.807) is 7.11 Å². The van der Waals surface area contributed by atoms with Gasteiger partial charge < -0.3 is 10.1 Å². The van der Waals surface area contributed by atoms with E-state index in [1.165, 1.54) is 24.0 Å². The predicted octanol–water partition coefficient (Wildman–Crippen LogP) is 3.19. The number of methoxy groups -OCH3 is 1. The summed E-state index contributed by atoms with van der Waals surface area (Å²) in [7, 11) is 1.71. The molecule has 1 aromatic rings. The number of hydrogen-bond donors (Lipinski definition) is 1. The van der Waals surface area contributed by atoms with E-state index in [1.807, 2.05) is 6.07 Å². The maximum absolute atomic E-state index is 5.33. The van der Waals surface area contributed by atoms with Crippen molar-refractivity contribution in [3.05, 3.63) is 27.7 Å². The molecule has 1 atom stereocenters. The summed E-state index contributed by atoms with van der Waals surface area (Å²) in [6, 6.07) is 4.62. The van der Waals surface area contributed by atoms with Gasteiger partial charge in [-0.1, -0.05) is 6.07 Å². The summed E-state index contributed by atoms with van der Waals surface area (Å²) in [6.45, 7) is 3.27. The van der Waals surface area contributed by atoms with E-state index in [-0.39, 0.29) is 0 Å². The van der Waals surface area contributed by atoms with Crippen molar-refractivity contribution in [2.75, 3.05) is 13.7 Å². The van der Waals surface area contributed by atoms with Gasteiger partial charge in [0.1, 0.15) is 5.75 Å². The van der Waals surface area contributed by atoms with Crippen LogP contribution >= 0.6 is 15.9 Å². The first-order valence-corrected chi connectivity index (χ1v) is 6.09. The first-order chi connectivity index (χ1) is 7.24. The van der Waals surface area contributed by atoms with Crippen LogP contribution in [0.5, 0.6) is 5.75 Å². The Labute approximate surface area is 99.1 Å². The third-order valence-electron chi connectivity index (χ3n) is 2.99. The largest absolute Gasteiger partial charge is 0.496 e. The molecule has 0 radical (unpaired) electrons. The van der Waals surface area contributed by atoms with Crippen LogP contribution in [0.2, 0.25) is 0 Å². The minimum atomic E-state index is 0.481. The van der Waals surface area contributed by atoms with Crippen LogP contribution in [-0.2, 0) is 0 Å². The molecule has 1 aromatic carbocycles. The lowest BCUT2D eigenvalue weighted by Gasteiger charge is -2.17. The van der Waals surface area contributed by atoms with Crippen LogP contribution in [0, 0.1) is 6.92 Å². The zero-order chi connectivity index (χ0) is 10.8. The van der Waals surface area contributed by atoms with Gasteiger partial charge in [-0.05, 0) is 59.4 Å². The lowest BCUT2D eigenvalue weighted by atomic mass is 10.00. The molecule has 1 aliphatic rings. The third-order valence-corrected chi connectivity index (χ3v) is 3.81. The molecular formula is C12H16BrNO. The van der Waals surface area contributed by atoms with Gasteiger partial charge in [-0.25, -0.2) is 0 Å². The van der Waals surface area contributed by atoms with Crippen LogP contribution in [0.3, 0.4) is 0 Å². The maximum Gasteiger partial charge on any atom is 0.133 e. The highest BCUT2D eigenvalue weighted by Gasteiger charge is 2.22. The number of halogens is 1. The van der Waals surface area contributed by atoms with Crippen LogP contribution in [-0.4, -0.2) is 13.7 Å². The molecule has 1 fully saturated rings. The zero-order valence-electron chi connectivity index (χ0n) is 9.14. The Morgan fingerprint density at radius 2 is 2.27 bits per heavy atom. The average Bonchev–Trinajstić information content (AvgIpc) is 2.71. The Bertz CT molecular complexity index is 359. The number of rotatable bonds is 2. The van der Waals surface area contributed by atoms with Crippen LogP contribution in [0.1, 0.15) is 30.0 Å². The fraction of sp³-hybridized carbons (Fsp3) is 0.500. The molecule has 82 valence electrons. The number of aryl methyl sites for hydroxylation is 1. The zero-order valence-corrected chi connectivity index (χ0v) is 10.7. The van der Waals surface area contributed by atoms with Crippen molar-refractivity contribution in [3.8, 4) is 5.75 Å². The van der Waals surface area contributed by atoms with Gasteiger partial charge in [0.05, 0.1) is 11.6 Å². The first-order valence-electron chi connectivity index (χ1n) is 5.30. The molecule has 0 aromatic heterocycles. The summed E-state index contributed by atoms with van der Waals surface area (Å²) in [4.78, 5) is 0. The number of benzene rings is 1. The molecule has 1 unspecified atom stereocenters. The summed E-state index contributed by atoms with van der Waals surface area (Å²) in [5.74, 6) is 0.921. The fourth-order valence-corrected chi connectivity index (χ4v) is 3.07. The summed E-state index contributed by atoms with van der Waals surface area (Å²) in [5, 5.41) is 3.52. The Morgan fingerprint density at radius 1 is 1.47 bits per heavy atom. The summed E-state index contributed by atoms with van der Waals surface area (Å²) >= 11 is 3.64. The van der Waals surface area contributed by atoms with Crippen molar-refractivity contribution in [1.29, 1.82) is 0 Å². The monoisotopic (exact) mass is 269 g/mol. The second-order valence-corrected chi connectivity index (χ2v) is 4.75. The molecule has 0 amide bonds. The number of nitrogens with one attached hydrogen (secondary N) is 1. The first kappa shape index (κ1) is 11.0. The Hall–Kier alpha value is -0.540. The smallest absolute Gasteiger partial charge is 0.133 e. The van der Waals surface area contributed by atoms with Crippen LogP contribution in [0.25, 0.3) is 0 Å². The van der Waals surface area contributed by atoms with E-state index in [4.69, 9.17) is 4.74 Å². The fourth-order valence-electron chi connectivity index (χ4n) is 2.19. The van der Waals surface area contributed by atoms with Gasteiger partial charge >= 0.3 is 0 Å². The Balaban J connectivity index is 2.43. The van der Waals surface area contributed by atoms with Crippen molar-refractivity contribution in [3.63, 3.8) is 0 Å². The molecule has 3 heteroatoms. The quantitative estimate of drug-likeness (QED) is 0.891. The van der Waals surface area contributed by atoms with Gasteiger partial charge in [-0.2, -0.15) is 0 Å². The topological polar surface area (TPSA) is 21.3 Å². The highest BCUT2D eigenvalue weighted by Crippen LogP contribution is 2.37. The highest BCUT2D eigenvalue weighted by atomic mass is 79.9. The van der Waals surface area contributed by atoms with Gasteiger partial charge in [0.2, 0.25) is 0 Å². The molecule has 2 nitrogen and oxygen atoms in total. The van der Waals surface area contributed by atoms with Crippen molar-refractivity contribution in [1.82, 2.24) is 5.32 Å². The van der Waals surface area contributed by atoms with Crippen molar-refractivity contribution in [2.45, 2.75) is 25.8 Å². The number of ether oxygens (including phenoxy) is 1. The van der Waals surface area contributed by atoms with E-state index in [0.717, 1.165) is 16.8 Å². The standard InChI is InChI=1S/C12H16BrNO/c1-8-5-6-10(15-2)12(13)11(8)9-4-3-7-14-9/h5-6,9,14H,3-4,7H2,1-2H3. The third kappa shape index (κ3) is 2.04. The maximum atomic E-state index is 5.33. The van der Waals surface area contributed by atoms with Crippen molar-refractivity contribution in [2.24, 2.45) is 0 Å².